The van der Waals surface area contributed by atoms with Crippen LogP contribution >= 0.6 is 23.8 Å². The molecule has 0 aliphatic heterocycles. The van der Waals surface area contributed by atoms with E-state index in [1.165, 1.54) is 6.08 Å². The summed E-state index contributed by atoms with van der Waals surface area (Å²) < 4.78 is 5.74. The van der Waals surface area contributed by atoms with Crippen LogP contribution in [0.25, 0.3) is 17.4 Å². The van der Waals surface area contributed by atoms with Gasteiger partial charge >= 0.3 is 0 Å². The van der Waals surface area contributed by atoms with Crippen LogP contribution in [0.4, 0.5) is 5.69 Å². The lowest BCUT2D eigenvalue weighted by Gasteiger charge is -2.10. The van der Waals surface area contributed by atoms with Gasteiger partial charge in [0.1, 0.15) is 17.3 Å². The lowest BCUT2D eigenvalue weighted by atomic mass is 10.1. The van der Waals surface area contributed by atoms with Crippen molar-refractivity contribution in [3.8, 4) is 17.1 Å². The van der Waals surface area contributed by atoms with E-state index in [1.807, 2.05) is 38.1 Å². The Bertz CT molecular complexity index is 1110. The SMILES string of the molecule is Cc1ccc(O)c(NC(=S)NC(=O)/C=C/c2ccc(-c3ccc(C)c(Cl)c3)o2)c1. The standard InChI is InChI=1S/C22H19ClN2O3S/c1-13-3-8-19(26)18(11-13)24-22(29)25-21(27)10-7-16-6-9-20(28-16)15-5-4-14(2)17(23)12-15/h3-12,26H,1-2H3,(H2,24,25,27,29)/b10-7+. The third-order valence-corrected chi connectivity index (χ3v) is 4.73. The normalized spacial score (nSPS) is 10.9. The Kier molecular flexibility index (Phi) is 6.36. The summed E-state index contributed by atoms with van der Waals surface area (Å²) in [6.45, 7) is 3.82. The topological polar surface area (TPSA) is 74.5 Å². The molecule has 0 bridgehead atoms. The molecule has 3 rings (SSSR count). The molecule has 0 radical (unpaired) electrons. The highest BCUT2D eigenvalue weighted by atomic mass is 35.5. The molecule has 1 amide bonds. The molecule has 2 aromatic carbocycles. The minimum Gasteiger partial charge on any atom is -0.506 e. The van der Waals surface area contributed by atoms with Gasteiger partial charge in [-0.3, -0.25) is 10.1 Å². The molecule has 0 unspecified atom stereocenters. The average molecular weight is 427 g/mol. The smallest absolute Gasteiger partial charge is 0.250 e. The summed E-state index contributed by atoms with van der Waals surface area (Å²) in [5.74, 6) is 0.786. The third-order valence-electron chi connectivity index (χ3n) is 4.12. The lowest BCUT2D eigenvalue weighted by molar-refractivity contribution is -0.115. The van der Waals surface area contributed by atoms with Crippen molar-refractivity contribution in [3.05, 3.63) is 76.5 Å². The van der Waals surface area contributed by atoms with Crippen LogP contribution in [0, 0.1) is 13.8 Å². The van der Waals surface area contributed by atoms with E-state index in [0.717, 1.165) is 16.7 Å². The van der Waals surface area contributed by atoms with E-state index < -0.39 is 5.91 Å². The Morgan fingerprint density at radius 2 is 1.93 bits per heavy atom. The molecule has 3 N–H and O–H groups in total. The molecule has 0 aliphatic carbocycles. The number of carbonyl (C=O) groups is 1. The van der Waals surface area contributed by atoms with Gasteiger partial charge in [-0.15, -0.1) is 0 Å². The van der Waals surface area contributed by atoms with Crippen molar-refractivity contribution in [2.24, 2.45) is 0 Å². The molecule has 7 heteroatoms. The molecule has 1 aromatic heterocycles. The molecule has 0 saturated heterocycles. The molecule has 0 saturated carbocycles. The van der Waals surface area contributed by atoms with Gasteiger partial charge in [0.2, 0.25) is 5.91 Å². The van der Waals surface area contributed by atoms with Crippen molar-refractivity contribution >= 4 is 46.6 Å². The fraction of sp³-hybridized carbons (Fsp3) is 0.0909. The first-order chi connectivity index (χ1) is 13.8. The van der Waals surface area contributed by atoms with Crippen molar-refractivity contribution in [2.75, 3.05) is 5.32 Å². The Labute approximate surface area is 179 Å². The second-order valence-corrected chi connectivity index (χ2v) is 7.28. The molecular formula is C22H19ClN2O3S. The van der Waals surface area contributed by atoms with Crippen LogP contribution in [0.1, 0.15) is 16.9 Å². The highest BCUT2D eigenvalue weighted by Crippen LogP contribution is 2.27. The number of halogens is 1. The Morgan fingerprint density at radius 1 is 1.14 bits per heavy atom. The first-order valence-electron chi connectivity index (χ1n) is 8.78. The molecule has 0 fully saturated rings. The van der Waals surface area contributed by atoms with E-state index in [1.54, 1.807) is 30.3 Å². The number of phenols is 1. The van der Waals surface area contributed by atoms with E-state index in [2.05, 4.69) is 10.6 Å². The highest BCUT2D eigenvalue weighted by Gasteiger charge is 2.08. The maximum absolute atomic E-state index is 12.1. The van der Waals surface area contributed by atoms with Crippen LogP contribution in [0.3, 0.4) is 0 Å². The Morgan fingerprint density at radius 3 is 2.69 bits per heavy atom. The van der Waals surface area contributed by atoms with Crippen LogP contribution in [-0.2, 0) is 4.79 Å². The number of anilines is 1. The van der Waals surface area contributed by atoms with E-state index in [-0.39, 0.29) is 10.9 Å². The molecule has 148 valence electrons. The Hall–Kier alpha value is -3.09. The summed E-state index contributed by atoms with van der Waals surface area (Å²) in [6, 6.07) is 14.3. The van der Waals surface area contributed by atoms with Gasteiger partial charge in [0.25, 0.3) is 0 Å². The van der Waals surface area contributed by atoms with Gasteiger partial charge in [-0.05, 0) is 73.6 Å². The van der Waals surface area contributed by atoms with Gasteiger partial charge < -0.3 is 14.8 Å². The minimum absolute atomic E-state index is 0.0436. The van der Waals surface area contributed by atoms with Crippen LogP contribution in [0.2, 0.25) is 5.02 Å². The van der Waals surface area contributed by atoms with Crippen molar-refractivity contribution < 1.29 is 14.3 Å². The molecule has 29 heavy (non-hydrogen) atoms. The maximum Gasteiger partial charge on any atom is 0.250 e. The average Bonchev–Trinajstić information content (AvgIpc) is 3.14. The van der Waals surface area contributed by atoms with E-state index in [4.69, 9.17) is 28.2 Å². The fourth-order valence-electron chi connectivity index (χ4n) is 2.56. The van der Waals surface area contributed by atoms with Gasteiger partial charge in [0.15, 0.2) is 5.11 Å². The van der Waals surface area contributed by atoms with Crippen molar-refractivity contribution in [1.82, 2.24) is 5.32 Å². The highest BCUT2D eigenvalue weighted by molar-refractivity contribution is 7.80. The number of amides is 1. The summed E-state index contributed by atoms with van der Waals surface area (Å²) in [4.78, 5) is 12.1. The summed E-state index contributed by atoms with van der Waals surface area (Å²) in [5, 5.41) is 15.9. The monoisotopic (exact) mass is 426 g/mol. The molecule has 1 heterocycles. The van der Waals surface area contributed by atoms with Crippen LogP contribution in [-0.4, -0.2) is 16.1 Å². The van der Waals surface area contributed by atoms with Gasteiger partial charge in [-0.25, -0.2) is 0 Å². The quantitative estimate of drug-likeness (QED) is 0.294. The molecule has 0 aliphatic rings. The van der Waals surface area contributed by atoms with Crippen molar-refractivity contribution in [3.63, 3.8) is 0 Å². The van der Waals surface area contributed by atoms with Crippen molar-refractivity contribution in [1.29, 1.82) is 0 Å². The molecule has 0 atom stereocenters. The Balaban J connectivity index is 1.60. The number of nitrogens with one attached hydrogen (secondary N) is 2. The molecule has 3 aromatic rings. The largest absolute Gasteiger partial charge is 0.506 e. The number of aryl methyl sites for hydroxylation is 2. The third kappa shape index (κ3) is 5.47. The predicted octanol–water partition coefficient (Wildman–Crippen LogP) is 5.45. The van der Waals surface area contributed by atoms with Gasteiger partial charge in [0, 0.05) is 16.7 Å². The zero-order valence-electron chi connectivity index (χ0n) is 15.8. The number of furan rings is 1. The molecule has 5 nitrogen and oxygen atoms in total. The van der Waals surface area contributed by atoms with Crippen LogP contribution in [0.15, 0.2) is 59.0 Å². The zero-order chi connectivity index (χ0) is 21.0. The number of benzene rings is 2. The minimum atomic E-state index is -0.425. The summed E-state index contributed by atoms with van der Waals surface area (Å²) in [6.07, 6.45) is 2.86. The maximum atomic E-state index is 12.1. The first-order valence-corrected chi connectivity index (χ1v) is 9.56. The van der Waals surface area contributed by atoms with Crippen molar-refractivity contribution in [2.45, 2.75) is 13.8 Å². The van der Waals surface area contributed by atoms with Crippen LogP contribution in [0.5, 0.6) is 5.75 Å². The fourth-order valence-corrected chi connectivity index (χ4v) is 2.95. The van der Waals surface area contributed by atoms with Gasteiger partial charge in [0.05, 0.1) is 5.69 Å². The number of carbonyl (C=O) groups excluding carboxylic acids is 1. The number of hydrogen-bond donors (Lipinski definition) is 3. The number of phenolic OH excluding ortho intramolecular Hbond substituents is 1. The summed E-state index contributed by atoms with van der Waals surface area (Å²) in [7, 11) is 0. The van der Waals surface area contributed by atoms with Crippen LogP contribution < -0.4 is 10.6 Å². The first kappa shape index (κ1) is 20.6. The molecular weight excluding hydrogens is 408 g/mol. The number of thiocarbonyl (C=S) groups is 1. The summed E-state index contributed by atoms with van der Waals surface area (Å²) in [5.41, 5.74) is 3.21. The van der Waals surface area contributed by atoms with E-state index >= 15 is 0 Å². The zero-order valence-corrected chi connectivity index (χ0v) is 17.4. The number of hydrogen-bond acceptors (Lipinski definition) is 4. The van der Waals surface area contributed by atoms with E-state index in [0.29, 0.717) is 22.2 Å². The van der Waals surface area contributed by atoms with Gasteiger partial charge in [-0.1, -0.05) is 29.8 Å². The molecule has 0 spiro atoms. The lowest BCUT2D eigenvalue weighted by Crippen LogP contribution is -2.32. The van der Waals surface area contributed by atoms with Gasteiger partial charge in [-0.2, -0.15) is 0 Å². The second-order valence-electron chi connectivity index (χ2n) is 6.46. The van der Waals surface area contributed by atoms with E-state index in [9.17, 15) is 9.90 Å². The summed E-state index contributed by atoms with van der Waals surface area (Å²) >= 11 is 11.3. The second kappa shape index (κ2) is 8.94. The number of rotatable bonds is 4. The predicted molar refractivity (Wildman–Crippen MR) is 120 cm³/mol. The number of aromatic hydroxyl groups is 1.